The lowest BCUT2D eigenvalue weighted by molar-refractivity contribution is 0.635. The van der Waals surface area contributed by atoms with Crippen molar-refractivity contribution < 1.29 is 0 Å². The first kappa shape index (κ1) is 8.88. The first-order valence-electron chi connectivity index (χ1n) is 3.83. The molecule has 8 heteroatoms. The summed E-state index contributed by atoms with van der Waals surface area (Å²) in [6.07, 6.45) is 1.44. The Hall–Kier alpha value is -1.70. The summed E-state index contributed by atoms with van der Waals surface area (Å²) in [5.41, 5.74) is 5.97. The van der Waals surface area contributed by atoms with Gasteiger partial charge in [-0.2, -0.15) is 5.10 Å². The number of nitrogens with two attached hydrogens (primary N) is 1. The maximum Gasteiger partial charge on any atom is 0.345 e. The van der Waals surface area contributed by atoms with E-state index in [9.17, 15) is 4.79 Å². The Morgan fingerprint density at radius 3 is 2.93 bits per heavy atom. The van der Waals surface area contributed by atoms with Gasteiger partial charge in [0.25, 0.3) is 0 Å². The van der Waals surface area contributed by atoms with Gasteiger partial charge in [-0.15, -0.1) is 5.10 Å². The van der Waals surface area contributed by atoms with E-state index in [0.29, 0.717) is 10.7 Å². The zero-order chi connectivity index (χ0) is 10.1. The van der Waals surface area contributed by atoms with Gasteiger partial charge in [-0.3, -0.25) is 4.57 Å². The van der Waals surface area contributed by atoms with Crippen LogP contribution in [0.1, 0.15) is 5.69 Å². The molecule has 14 heavy (non-hydrogen) atoms. The highest BCUT2D eigenvalue weighted by Gasteiger charge is 2.08. The molecular formula is C6H8N6OS. The third-order valence-electron chi connectivity index (χ3n) is 1.77. The second-order valence-electron chi connectivity index (χ2n) is 2.77. The van der Waals surface area contributed by atoms with Crippen LogP contribution in [0.3, 0.4) is 0 Å². The molecule has 0 unspecified atom stereocenters. The van der Waals surface area contributed by atoms with E-state index in [-0.39, 0.29) is 12.2 Å². The van der Waals surface area contributed by atoms with Gasteiger partial charge in [-0.25, -0.2) is 9.48 Å². The second-order valence-corrected chi connectivity index (χ2v) is 3.55. The van der Waals surface area contributed by atoms with Gasteiger partial charge in [-0.05, 0) is 0 Å². The minimum Gasteiger partial charge on any atom is -0.388 e. The van der Waals surface area contributed by atoms with Crippen molar-refractivity contribution in [3.63, 3.8) is 0 Å². The zero-order valence-electron chi connectivity index (χ0n) is 7.41. The Bertz CT molecular complexity index is 496. The largest absolute Gasteiger partial charge is 0.388 e. The molecule has 7 nitrogen and oxygen atoms in total. The van der Waals surface area contributed by atoms with Crippen molar-refractivity contribution in [3.05, 3.63) is 22.5 Å². The number of aryl methyl sites for hydroxylation is 1. The van der Waals surface area contributed by atoms with Gasteiger partial charge >= 0.3 is 5.69 Å². The fourth-order valence-electron chi connectivity index (χ4n) is 0.996. The van der Waals surface area contributed by atoms with Gasteiger partial charge in [-0.1, -0.05) is 4.49 Å². The van der Waals surface area contributed by atoms with Crippen LogP contribution >= 0.6 is 11.5 Å². The van der Waals surface area contributed by atoms with Crippen molar-refractivity contribution in [2.75, 3.05) is 5.73 Å². The Kier molecular flexibility index (Phi) is 2.04. The predicted octanol–water partition coefficient (Wildman–Crippen LogP) is -0.936. The molecular weight excluding hydrogens is 204 g/mol. The number of nitrogen functional groups attached to an aromatic ring is 1. The molecule has 0 amide bonds. The van der Waals surface area contributed by atoms with Crippen LogP contribution in [0.2, 0.25) is 0 Å². The monoisotopic (exact) mass is 212 g/mol. The molecule has 2 heterocycles. The van der Waals surface area contributed by atoms with E-state index in [1.807, 2.05) is 0 Å². The molecule has 0 aliphatic rings. The number of aromatic nitrogens is 5. The first-order chi connectivity index (χ1) is 6.68. The predicted molar refractivity (Wildman–Crippen MR) is 50.9 cm³/mol. The molecule has 74 valence electrons. The SMILES string of the molecule is Cn1cnn(Cc2nnsc2N)c1=O. The zero-order valence-corrected chi connectivity index (χ0v) is 8.23. The lowest BCUT2D eigenvalue weighted by Gasteiger charge is -1.95. The van der Waals surface area contributed by atoms with E-state index in [4.69, 9.17) is 5.73 Å². The smallest absolute Gasteiger partial charge is 0.345 e. The second kappa shape index (κ2) is 3.22. The average Bonchev–Trinajstić information content (AvgIpc) is 2.68. The number of nitrogens with zero attached hydrogens (tertiary/aromatic N) is 5. The molecule has 2 N–H and O–H groups in total. The summed E-state index contributed by atoms with van der Waals surface area (Å²) < 4.78 is 6.34. The van der Waals surface area contributed by atoms with Crippen molar-refractivity contribution in [2.24, 2.45) is 7.05 Å². The van der Waals surface area contributed by atoms with Crippen LogP contribution in [-0.4, -0.2) is 23.9 Å². The van der Waals surface area contributed by atoms with Gasteiger partial charge in [0.05, 0.1) is 6.54 Å². The number of hydrogen-bond donors (Lipinski definition) is 1. The molecule has 0 radical (unpaired) electrons. The molecule has 0 fully saturated rings. The molecule has 2 aromatic heterocycles. The standard InChI is InChI=1S/C6H8N6OS/c1-11-3-8-12(6(11)13)2-4-5(7)14-10-9-4/h3H,2,7H2,1H3. The van der Waals surface area contributed by atoms with E-state index in [2.05, 4.69) is 14.7 Å². The van der Waals surface area contributed by atoms with Crippen LogP contribution in [0.25, 0.3) is 0 Å². The molecule has 0 saturated carbocycles. The number of rotatable bonds is 2. The van der Waals surface area contributed by atoms with Crippen LogP contribution in [0.4, 0.5) is 5.00 Å². The average molecular weight is 212 g/mol. The molecule has 0 atom stereocenters. The van der Waals surface area contributed by atoms with Gasteiger partial charge < -0.3 is 5.73 Å². The number of anilines is 1. The summed E-state index contributed by atoms with van der Waals surface area (Å²) in [5.74, 6) is 0. The Balaban J connectivity index is 2.32. The summed E-state index contributed by atoms with van der Waals surface area (Å²) in [5, 5.41) is 8.19. The summed E-state index contributed by atoms with van der Waals surface area (Å²) >= 11 is 1.10. The minimum absolute atomic E-state index is 0.197. The maximum atomic E-state index is 11.4. The van der Waals surface area contributed by atoms with Gasteiger partial charge in [0.15, 0.2) is 0 Å². The lowest BCUT2D eigenvalue weighted by atomic mass is 10.5. The van der Waals surface area contributed by atoms with Crippen LogP contribution in [0.5, 0.6) is 0 Å². The molecule has 0 aromatic carbocycles. The third-order valence-corrected chi connectivity index (χ3v) is 2.37. The fraction of sp³-hybridized carbons (Fsp3) is 0.333. The van der Waals surface area contributed by atoms with E-state index in [1.54, 1.807) is 7.05 Å². The third kappa shape index (κ3) is 1.39. The van der Waals surface area contributed by atoms with Gasteiger partial charge in [0, 0.05) is 18.6 Å². The molecule has 0 bridgehead atoms. The summed E-state index contributed by atoms with van der Waals surface area (Å²) in [6.45, 7) is 0.266. The Morgan fingerprint density at radius 1 is 1.64 bits per heavy atom. The fourth-order valence-corrected chi connectivity index (χ4v) is 1.43. The quantitative estimate of drug-likeness (QED) is 0.694. The highest BCUT2D eigenvalue weighted by molar-refractivity contribution is 7.09. The van der Waals surface area contributed by atoms with E-state index in [0.717, 1.165) is 11.5 Å². The van der Waals surface area contributed by atoms with E-state index in [1.165, 1.54) is 15.6 Å². The molecule has 0 saturated heterocycles. The molecule has 2 rings (SSSR count). The lowest BCUT2D eigenvalue weighted by Crippen LogP contribution is -2.23. The van der Waals surface area contributed by atoms with Gasteiger partial charge in [0.1, 0.15) is 17.0 Å². The van der Waals surface area contributed by atoms with Crippen LogP contribution in [0, 0.1) is 0 Å². The Labute approximate surface area is 82.9 Å². The minimum atomic E-state index is -0.197. The molecule has 0 spiro atoms. The van der Waals surface area contributed by atoms with Crippen molar-refractivity contribution in [3.8, 4) is 0 Å². The van der Waals surface area contributed by atoms with Crippen LogP contribution in [0.15, 0.2) is 11.1 Å². The summed E-state index contributed by atoms with van der Waals surface area (Å²) in [4.78, 5) is 11.4. The first-order valence-corrected chi connectivity index (χ1v) is 4.61. The van der Waals surface area contributed by atoms with Crippen LogP contribution in [-0.2, 0) is 13.6 Å². The summed E-state index contributed by atoms with van der Waals surface area (Å²) in [7, 11) is 1.63. The van der Waals surface area contributed by atoms with Gasteiger partial charge in [0.2, 0.25) is 0 Å². The van der Waals surface area contributed by atoms with E-state index >= 15 is 0 Å². The normalized spacial score (nSPS) is 10.6. The Morgan fingerprint density at radius 2 is 2.43 bits per heavy atom. The summed E-state index contributed by atoms with van der Waals surface area (Å²) in [6, 6.07) is 0. The van der Waals surface area contributed by atoms with Crippen molar-refractivity contribution in [2.45, 2.75) is 6.54 Å². The highest BCUT2D eigenvalue weighted by Crippen LogP contribution is 2.12. The molecule has 2 aromatic rings. The molecule has 0 aliphatic heterocycles. The van der Waals surface area contributed by atoms with Crippen LogP contribution < -0.4 is 11.4 Å². The van der Waals surface area contributed by atoms with Crippen molar-refractivity contribution in [1.29, 1.82) is 0 Å². The highest BCUT2D eigenvalue weighted by atomic mass is 32.1. The molecule has 0 aliphatic carbocycles. The number of hydrogen-bond acceptors (Lipinski definition) is 6. The van der Waals surface area contributed by atoms with Crippen molar-refractivity contribution >= 4 is 16.5 Å². The van der Waals surface area contributed by atoms with Crippen molar-refractivity contribution in [1.82, 2.24) is 23.9 Å². The topological polar surface area (TPSA) is 91.6 Å². The van der Waals surface area contributed by atoms with E-state index < -0.39 is 0 Å². The maximum absolute atomic E-state index is 11.4.